The second kappa shape index (κ2) is 9.61. The molecule has 1 saturated heterocycles. The molecule has 1 aromatic heterocycles. The minimum Gasteiger partial charge on any atom is -0.469 e. The van der Waals surface area contributed by atoms with Gasteiger partial charge in [0.1, 0.15) is 0 Å². The Kier molecular flexibility index (Phi) is 7.49. The lowest BCUT2D eigenvalue weighted by atomic mass is 9.97. The third-order valence-corrected chi connectivity index (χ3v) is 5.40. The molecule has 134 valence electrons. The smallest absolute Gasteiger partial charge is 0.308 e. The number of esters is 1. The number of carbonyl (C=O) groups excluding carboxylic acids is 1. The molecule has 0 radical (unpaired) electrons. The van der Waals surface area contributed by atoms with Crippen molar-refractivity contribution in [3.63, 3.8) is 0 Å². The maximum atomic E-state index is 11.6. The van der Waals surface area contributed by atoms with Gasteiger partial charge in [0.15, 0.2) is 5.96 Å². The van der Waals surface area contributed by atoms with Gasteiger partial charge < -0.3 is 15.0 Å². The Hall–Kier alpha value is -1.63. The molecule has 1 fully saturated rings. The summed E-state index contributed by atoms with van der Waals surface area (Å²) in [7, 11) is 1.46. The van der Waals surface area contributed by atoms with Crippen molar-refractivity contribution in [2.24, 2.45) is 10.9 Å². The van der Waals surface area contributed by atoms with Crippen LogP contribution in [0.25, 0.3) is 0 Å². The minimum atomic E-state index is -0.0907. The van der Waals surface area contributed by atoms with E-state index in [2.05, 4.69) is 29.0 Å². The van der Waals surface area contributed by atoms with E-state index >= 15 is 0 Å². The van der Waals surface area contributed by atoms with Crippen LogP contribution in [-0.2, 0) is 22.4 Å². The van der Waals surface area contributed by atoms with E-state index < -0.39 is 0 Å². The van der Waals surface area contributed by atoms with Gasteiger partial charge in [-0.3, -0.25) is 9.79 Å². The number of likely N-dealkylation sites (tertiary alicyclic amines) is 1. The monoisotopic (exact) mass is 352 g/mol. The van der Waals surface area contributed by atoms with E-state index in [1.165, 1.54) is 12.0 Å². The summed E-state index contributed by atoms with van der Waals surface area (Å²) in [5, 5.41) is 4.50. The molecule has 0 aromatic carbocycles. The first-order valence-corrected chi connectivity index (χ1v) is 9.54. The number of thiazole rings is 1. The highest BCUT2D eigenvalue weighted by Gasteiger charge is 2.26. The first-order valence-electron chi connectivity index (χ1n) is 8.72. The number of hydrogen-bond donors (Lipinski definition) is 1. The van der Waals surface area contributed by atoms with Crippen molar-refractivity contribution >= 4 is 23.3 Å². The molecule has 2 rings (SSSR count). The van der Waals surface area contributed by atoms with Crippen LogP contribution >= 0.6 is 11.3 Å². The van der Waals surface area contributed by atoms with Crippen LogP contribution in [0.2, 0.25) is 0 Å². The summed E-state index contributed by atoms with van der Waals surface area (Å²) in [6.07, 6.45) is 5.52. The molecular weight excluding hydrogens is 324 g/mol. The van der Waals surface area contributed by atoms with Crippen LogP contribution < -0.4 is 5.32 Å². The van der Waals surface area contributed by atoms with Crippen LogP contribution in [0.15, 0.2) is 11.2 Å². The molecule has 7 heteroatoms. The van der Waals surface area contributed by atoms with E-state index in [1.54, 1.807) is 11.3 Å². The number of ether oxygens (including phenoxy) is 1. The van der Waals surface area contributed by atoms with Crippen LogP contribution in [0, 0.1) is 5.92 Å². The maximum Gasteiger partial charge on any atom is 0.308 e. The number of piperidine rings is 1. The number of guanidine groups is 1. The van der Waals surface area contributed by atoms with Gasteiger partial charge in [0, 0.05) is 43.7 Å². The fraction of sp³-hybridized carbons (Fsp3) is 0.706. The van der Waals surface area contributed by atoms with Gasteiger partial charge in [-0.05, 0) is 26.2 Å². The van der Waals surface area contributed by atoms with Gasteiger partial charge in [0.05, 0.1) is 18.0 Å². The normalized spacial score (nSPS) is 16.3. The fourth-order valence-electron chi connectivity index (χ4n) is 2.80. The molecule has 0 aliphatic carbocycles. The Morgan fingerprint density at radius 2 is 2.21 bits per heavy atom. The number of nitrogens with one attached hydrogen (secondary N) is 1. The van der Waals surface area contributed by atoms with E-state index in [9.17, 15) is 4.79 Å². The molecule has 6 nitrogen and oxygen atoms in total. The number of hydrogen-bond acceptors (Lipinski definition) is 5. The molecule has 0 atom stereocenters. The van der Waals surface area contributed by atoms with Crippen LogP contribution in [0.1, 0.15) is 36.6 Å². The summed E-state index contributed by atoms with van der Waals surface area (Å²) in [4.78, 5) is 24.4. The molecule has 1 aliphatic heterocycles. The first kappa shape index (κ1) is 18.7. The summed E-state index contributed by atoms with van der Waals surface area (Å²) < 4.78 is 4.85. The summed E-state index contributed by atoms with van der Waals surface area (Å²) in [6, 6.07) is 0. The van der Waals surface area contributed by atoms with Gasteiger partial charge in [-0.15, -0.1) is 11.3 Å². The quantitative estimate of drug-likeness (QED) is 0.482. The average molecular weight is 353 g/mol. The van der Waals surface area contributed by atoms with Crippen LogP contribution in [0.4, 0.5) is 0 Å². The molecule has 2 heterocycles. The number of nitrogens with zero attached hydrogens (tertiary/aromatic N) is 3. The summed E-state index contributed by atoms with van der Waals surface area (Å²) in [5.41, 5.74) is 0. The molecule has 24 heavy (non-hydrogen) atoms. The van der Waals surface area contributed by atoms with E-state index in [0.29, 0.717) is 0 Å². The average Bonchev–Trinajstić information content (AvgIpc) is 3.08. The van der Waals surface area contributed by atoms with Crippen LogP contribution in [0.3, 0.4) is 0 Å². The Balaban J connectivity index is 1.87. The lowest BCUT2D eigenvalue weighted by Gasteiger charge is -2.33. The van der Waals surface area contributed by atoms with Crippen molar-refractivity contribution in [3.05, 3.63) is 16.1 Å². The van der Waals surface area contributed by atoms with Gasteiger partial charge in [-0.2, -0.15) is 0 Å². The summed E-state index contributed by atoms with van der Waals surface area (Å²) >= 11 is 1.77. The fourth-order valence-corrected chi connectivity index (χ4v) is 3.66. The molecule has 1 aliphatic rings. The maximum absolute atomic E-state index is 11.6. The van der Waals surface area contributed by atoms with Gasteiger partial charge >= 0.3 is 5.97 Å². The number of carbonyl (C=O) groups is 1. The number of aliphatic imine (C=N–C) groups is 1. The van der Waals surface area contributed by atoms with Gasteiger partial charge in [0.2, 0.25) is 0 Å². The predicted octanol–water partition coefficient (Wildman–Crippen LogP) is 2.10. The lowest BCUT2D eigenvalue weighted by Crippen LogP contribution is -2.46. The minimum absolute atomic E-state index is 0.0249. The Labute approximate surface area is 148 Å². The van der Waals surface area contributed by atoms with Gasteiger partial charge in [0.25, 0.3) is 0 Å². The molecule has 0 bridgehead atoms. The SMILES string of the molecule is CCNC(=NCCc1ncc(CC)s1)N1CCC(C(=O)OC)CC1. The topological polar surface area (TPSA) is 66.8 Å². The zero-order valence-electron chi connectivity index (χ0n) is 14.9. The molecule has 0 spiro atoms. The molecule has 1 N–H and O–H groups in total. The zero-order chi connectivity index (χ0) is 17.4. The van der Waals surface area contributed by atoms with E-state index in [4.69, 9.17) is 9.73 Å². The second-order valence-corrected chi connectivity index (χ2v) is 7.04. The molecule has 0 saturated carbocycles. The molecular formula is C17H28N4O2S. The highest BCUT2D eigenvalue weighted by atomic mass is 32.1. The molecule has 0 amide bonds. The number of aromatic nitrogens is 1. The second-order valence-electron chi connectivity index (χ2n) is 5.84. The molecule has 0 unspecified atom stereocenters. The van der Waals surface area contributed by atoms with E-state index in [0.717, 1.165) is 62.8 Å². The van der Waals surface area contributed by atoms with Crippen molar-refractivity contribution in [2.45, 2.75) is 39.5 Å². The number of rotatable bonds is 6. The van der Waals surface area contributed by atoms with Crippen LogP contribution in [-0.4, -0.2) is 55.1 Å². The number of aryl methyl sites for hydroxylation is 1. The summed E-state index contributed by atoms with van der Waals surface area (Å²) in [5.74, 6) is 0.872. The van der Waals surface area contributed by atoms with E-state index in [-0.39, 0.29) is 11.9 Å². The number of methoxy groups -OCH3 is 1. The van der Waals surface area contributed by atoms with Crippen molar-refractivity contribution in [1.29, 1.82) is 0 Å². The Morgan fingerprint density at radius 3 is 2.79 bits per heavy atom. The van der Waals surface area contributed by atoms with Crippen molar-refractivity contribution in [3.8, 4) is 0 Å². The highest BCUT2D eigenvalue weighted by molar-refractivity contribution is 7.11. The predicted molar refractivity (Wildman–Crippen MR) is 97.5 cm³/mol. The molecule has 1 aromatic rings. The standard InChI is InChI=1S/C17H28N4O2S/c1-4-14-12-20-15(24-14)6-9-19-17(18-5-2)21-10-7-13(8-11-21)16(22)23-3/h12-13H,4-11H2,1-3H3,(H,18,19). The zero-order valence-corrected chi connectivity index (χ0v) is 15.7. The van der Waals surface area contributed by atoms with Gasteiger partial charge in [-0.1, -0.05) is 6.92 Å². The highest BCUT2D eigenvalue weighted by Crippen LogP contribution is 2.18. The third-order valence-electron chi connectivity index (χ3n) is 4.20. The van der Waals surface area contributed by atoms with Crippen LogP contribution in [0.5, 0.6) is 0 Å². The first-order chi connectivity index (χ1) is 11.7. The van der Waals surface area contributed by atoms with Crippen molar-refractivity contribution < 1.29 is 9.53 Å². The largest absolute Gasteiger partial charge is 0.469 e. The van der Waals surface area contributed by atoms with E-state index in [1.807, 2.05) is 6.20 Å². The van der Waals surface area contributed by atoms with Crippen molar-refractivity contribution in [1.82, 2.24) is 15.2 Å². The van der Waals surface area contributed by atoms with Gasteiger partial charge in [-0.25, -0.2) is 4.98 Å². The van der Waals surface area contributed by atoms with Crippen molar-refractivity contribution in [2.75, 3.05) is 33.3 Å². The third kappa shape index (κ3) is 5.19. The Bertz CT molecular complexity index is 551. The Morgan fingerprint density at radius 1 is 1.46 bits per heavy atom. The lowest BCUT2D eigenvalue weighted by molar-refractivity contribution is -0.146. The summed E-state index contributed by atoms with van der Waals surface area (Å²) in [6.45, 7) is 7.47.